The third-order valence-electron chi connectivity index (χ3n) is 2.50. The molecule has 0 saturated heterocycles. The van der Waals surface area contributed by atoms with Gasteiger partial charge in [0.05, 0.1) is 28.3 Å². The fourth-order valence-electron chi connectivity index (χ4n) is 1.63. The minimum Gasteiger partial charge on any atom is -0.328 e. The highest BCUT2D eigenvalue weighted by Crippen LogP contribution is 2.21. The topological polar surface area (TPSA) is 35.6 Å². The Balaban J connectivity index is 2.34. The first kappa shape index (κ1) is 11.7. The van der Waals surface area contributed by atoms with Crippen molar-refractivity contribution in [3.8, 4) is 0 Å². The molecule has 0 unspecified atom stereocenters. The maximum absolute atomic E-state index is 5.81. The molecule has 0 fully saturated rings. The van der Waals surface area contributed by atoms with Gasteiger partial charge in [0.25, 0.3) is 0 Å². The van der Waals surface area contributed by atoms with Crippen molar-refractivity contribution >= 4 is 27.5 Å². The lowest BCUT2D eigenvalue weighted by atomic mass is 10.3. The van der Waals surface area contributed by atoms with E-state index in [2.05, 4.69) is 26.0 Å². The zero-order valence-corrected chi connectivity index (χ0v) is 11.5. The summed E-state index contributed by atoms with van der Waals surface area (Å²) >= 11 is 9.35. The summed E-state index contributed by atoms with van der Waals surface area (Å²) in [6, 6.07) is 0. The average molecular weight is 304 g/mol. The Morgan fingerprint density at radius 3 is 2.81 bits per heavy atom. The van der Waals surface area contributed by atoms with Crippen molar-refractivity contribution in [3.63, 3.8) is 0 Å². The van der Waals surface area contributed by atoms with Gasteiger partial charge in [0, 0.05) is 19.4 Å². The molecule has 2 heterocycles. The molecule has 0 saturated carbocycles. The predicted molar refractivity (Wildman–Crippen MR) is 66.5 cm³/mol. The van der Waals surface area contributed by atoms with E-state index < -0.39 is 0 Å². The first-order chi connectivity index (χ1) is 7.63. The van der Waals surface area contributed by atoms with Gasteiger partial charge in [-0.05, 0) is 22.9 Å². The zero-order chi connectivity index (χ0) is 11.7. The van der Waals surface area contributed by atoms with E-state index in [1.165, 1.54) is 0 Å². The van der Waals surface area contributed by atoms with Crippen LogP contribution in [0.2, 0.25) is 0 Å². The first-order valence-corrected chi connectivity index (χ1v) is 6.20. The fraction of sp³-hybridized carbons (Fsp3) is 0.400. The SMILES string of the molecule is Cc1nn(C)c(Cn2ccnc2CCl)c1Br. The fourth-order valence-corrected chi connectivity index (χ4v) is 2.31. The maximum atomic E-state index is 5.81. The molecule has 0 aliphatic rings. The number of nitrogens with zero attached hydrogens (tertiary/aromatic N) is 4. The highest BCUT2D eigenvalue weighted by Gasteiger charge is 2.12. The van der Waals surface area contributed by atoms with E-state index >= 15 is 0 Å². The lowest BCUT2D eigenvalue weighted by molar-refractivity contribution is 0.650. The Morgan fingerprint density at radius 2 is 2.25 bits per heavy atom. The Labute approximate surface area is 107 Å². The molecule has 2 aromatic rings. The van der Waals surface area contributed by atoms with E-state index in [-0.39, 0.29) is 0 Å². The van der Waals surface area contributed by atoms with Crippen LogP contribution in [0.25, 0.3) is 0 Å². The van der Waals surface area contributed by atoms with Crippen LogP contribution in [0.4, 0.5) is 0 Å². The molecule has 0 bridgehead atoms. The lowest BCUT2D eigenvalue weighted by Gasteiger charge is -2.06. The van der Waals surface area contributed by atoms with Gasteiger partial charge < -0.3 is 4.57 Å². The van der Waals surface area contributed by atoms with Crippen molar-refractivity contribution in [2.75, 3.05) is 0 Å². The molecule has 6 heteroatoms. The van der Waals surface area contributed by atoms with Gasteiger partial charge in [0.2, 0.25) is 0 Å². The minimum atomic E-state index is 0.418. The molecule has 16 heavy (non-hydrogen) atoms. The van der Waals surface area contributed by atoms with Crippen LogP contribution in [0, 0.1) is 6.92 Å². The van der Waals surface area contributed by atoms with Crippen molar-refractivity contribution in [3.05, 3.63) is 34.1 Å². The third-order valence-corrected chi connectivity index (χ3v) is 3.77. The first-order valence-electron chi connectivity index (χ1n) is 4.87. The van der Waals surface area contributed by atoms with Gasteiger partial charge in [-0.2, -0.15) is 5.10 Å². The molecular formula is C10H12BrClN4. The summed E-state index contributed by atoms with van der Waals surface area (Å²) in [5, 5.41) is 4.35. The Kier molecular flexibility index (Phi) is 3.35. The minimum absolute atomic E-state index is 0.418. The highest BCUT2D eigenvalue weighted by atomic mass is 79.9. The van der Waals surface area contributed by atoms with Crippen LogP contribution in [-0.2, 0) is 19.5 Å². The predicted octanol–water partition coefficient (Wildman–Crippen LogP) is 2.47. The summed E-state index contributed by atoms with van der Waals surface area (Å²) < 4.78 is 4.94. The number of alkyl halides is 1. The second kappa shape index (κ2) is 4.59. The molecule has 0 aliphatic carbocycles. The summed E-state index contributed by atoms with van der Waals surface area (Å²) in [6.45, 7) is 2.70. The lowest BCUT2D eigenvalue weighted by Crippen LogP contribution is -2.07. The summed E-state index contributed by atoms with van der Waals surface area (Å²) in [5.74, 6) is 1.29. The molecule has 0 radical (unpaired) electrons. The smallest absolute Gasteiger partial charge is 0.123 e. The molecule has 0 amide bonds. The van der Waals surface area contributed by atoms with E-state index in [1.807, 2.05) is 29.4 Å². The van der Waals surface area contributed by atoms with Gasteiger partial charge in [0.1, 0.15) is 5.82 Å². The van der Waals surface area contributed by atoms with Crippen molar-refractivity contribution in [2.24, 2.45) is 7.05 Å². The van der Waals surface area contributed by atoms with E-state index in [4.69, 9.17) is 11.6 Å². The normalized spacial score (nSPS) is 11.0. The van der Waals surface area contributed by atoms with Crippen LogP contribution in [0.3, 0.4) is 0 Å². The summed E-state index contributed by atoms with van der Waals surface area (Å²) in [5.41, 5.74) is 2.10. The van der Waals surface area contributed by atoms with Gasteiger partial charge in [-0.3, -0.25) is 4.68 Å². The summed E-state index contributed by atoms with van der Waals surface area (Å²) in [6.07, 6.45) is 3.68. The monoisotopic (exact) mass is 302 g/mol. The largest absolute Gasteiger partial charge is 0.328 e. The van der Waals surface area contributed by atoms with Crippen molar-refractivity contribution in [2.45, 2.75) is 19.3 Å². The number of halogens is 2. The molecule has 0 N–H and O–H groups in total. The van der Waals surface area contributed by atoms with Crippen molar-refractivity contribution < 1.29 is 0 Å². The maximum Gasteiger partial charge on any atom is 0.123 e. The third kappa shape index (κ3) is 2.01. The molecular weight excluding hydrogens is 291 g/mol. The number of aromatic nitrogens is 4. The van der Waals surface area contributed by atoms with Gasteiger partial charge >= 0.3 is 0 Å². The number of aryl methyl sites for hydroxylation is 2. The van der Waals surface area contributed by atoms with Crippen molar-refractivity contribution in [1.29, 1.82) is 0 Å². The van der Waals surface area contributed by atoms with Crippen molar-refractivity contribution in [1.82, 2.24) is 19.3 Å². The number of hydrogen-bond acceptors (Lipinski definition) is 2. The van der Waals surface area contributed by atoms with E-state index in [9.17, 15) is 0 Å². The molecule has 4 nitrogen and oxygen atoms in total. The van der Waals surface area contributed by atoms with Gasteiger partial charge in [-0.25, -0.2) is 4.98 Å². The second-order valence-electron chi connectivity index (χ2n) is 3.57. The Hall–Kier alpha value is -0.810. The van der Waals surface area contributed by atoms with Gasteiger partial charge in [-0.1, -0.05) is 0 Å². The Morgan fingerprint density at radius 1 is 1.50 bits per heavy atom. The molecule has 0 aromatic carbocycles. The number of rotatable bonds is 3. The summed E-state index contributed by atoms with van der Waals surface area (Å²) in [4.78, 5) is 4.18. The molecule has 0 atom stereocenters. The highest BCUT2D eigenvalue weighted by molar-refractivity contribution is 9.10. The molecule has 86 valence electrons. The molecule has 0 spiro atoms. The van der Waals surface area contributed by atoms with Crippen LogP contribution < -0.4 is 0 Å². The van der Waals surface area contributed by atoms with E-state index in [1.54, 1.807) is 6.20 Å². The van der Waals surface area contributed by atoms with Crippen LogP contribution in [-0.4, -0.2) is 19.3 Å². The van der Waals surface area contributed by atoms with Crippen LogP contribution >= 0.6 is 27.5 Å². The van der Waals surface area contributed by atoms with Crippen LogP contribution in [0.15, 0.2) is 16.9 Å². The number of hydrogen-bond donors (Lipinski definition) is 0. The van der Waals surface area contributed by atoms with Gasteiger partial charge in [-0.15, -0.1) is 11.6 Å². The van der Waals surface area contributed by atoms with Crippen LogP contribution in [0.5, 0.6) is 0 Å². The van der Waals surface area contributed by atoms with Crippen LogP contribution in [0.1, 0.15) is 17.2 Å². The van der Waals surface area contributed by atoms with E-state index in [0.717, 1.165) is 28.2 Å². The second-order valence-corrected chi connectivity index (χ2v) is 4.63. The molecule has 0 aliphatic heterocycles. The quantitative estimate of drug-likeness (QED) is 0.817. The number of imidazole rings is 1. The zero-order valence-electron chi connectivity index (χ0n) is 9.11. The van der Waals surface area contributed by atoms with E-state index in [0.29, 0.717) is 5.88 Å². The average Bonchev–Trinajstić information content (AvgIpc) is 2.79. The molecule has 2 aromatic heterocycles. The molecule has 2 rings (SSSR count). The summed E-state index contributed by atoms with van der Waals surface area (Å²) in [7, 11) is 1.93. The standard InChI is InChI=1S/C10H12BrClN4/c1-7-10(11)8(15(2)14-7)6-16-4-3-13-9(16)5-12/h3-4H,5-6H2,1-2H3. The Bertz CT molecular complexity index is 503. The van der Waals surface area contributed by atoms with Gasteiger partial charge in [0.15, 0.2) is 0 Å².